The standard InChI is InChI=1S/C24H23N7O2S/c1-15-10-16(2)12-20(11-15)27-21(32)14-34-24-30-29-22(31(24)25)17-5-7-19(8-6-17)28-23(33)18-4-3-9-26-13-18/h3-13H,14,25H2,1-2H3,(H,27,32)(H,28,33). The van der Waals surface area contributed by atoms with Crippen LogP contribution in [-0.2, 0) is 4.79 Å². The first-order valence-corrected chi connectivity index (χ1v) is 11.4. The Labute approximate surface area is 200 Å². The third-order valence-electron chi connectivity index (χ3n) is 4.83. The Balaban J connectivity index is 1.37. The van der Waals surface area contributed by atoms with E-state index in [0.29, 0.717) is 22.2 Å². The lowest BCUT2D eigenvalue weighted by atomic mass is 10.1. The predicted molar refractivity (Wildman–Crippen MR) is 133 cm³/mol. The Bertz CT molecular complexity index is 1300. The van der Waals surface area contributed by atoms with E-state index in [-0.39, 0.29) is 17.6 Å². The molecule has 2 aromatic heterocycles. The summed E-state index contributed by atoms with van der Waals surface area (Å²) >= 11 is 1.20. The molecule has 0 spiro atoms. The van der Waals surface area contributed by atoms with Crippen molar-refractivity contribution < 1.29 is 9.59 Å². The Morgan fingerprint density at radius 3 is 2.38 bits per heavy atom. The van der Waals surface area contributed by atoms with Crippen molar-refractivity contribution >= 4 is 35.0 Å². The van der Waals surface area contributed by atoms with Crippen LogP contribution < -0.4 is 16.5 Å². The summed E-state index contributed by atoms with van der Waals surface area (Å²) in [5.74, 6) is 6.35. The summed E-state index contributed by atoms with van der Waals surface area (Å²) in [6.07, 6.45) is 3.11. The molecule has 2 heterocycles. The molecule has 0 unspecified atom stereocenters. The first-order valence-electron chi connectivity index (χ1n) is 10.4. The van der Waals surface area contributed by atoms with Crippen molar-refractivity contribution in [3.05, 3.63) is 83.7 Å². The van der Waals surface area contributed by atoms with Gasteiger partial charge in [-0.1, -0.05) is 17.8 Å². The quantitative estimate of drug-likeness (QED) is 0.276. The first-order chi connectivity index (χ1) is 16.4. The number of hydrogen-bond donors (Lipinski definition) is 3. The molecule has 2 amide bonds. The average Bonchev–Trinajstić information content (AvgIpc) is 3.18. The number of carbonyl (C=O) groups is 2. The molecule has 172 valence electrons. The molecule has 4 rings (SSSR count). The number of nitrogens with one attached hydrogen (secondary N) is 2. The first kappa shape index (κ1) is 23.0. The van der Waals surface area contributed by atoms with E-state index in [2.05, 4.69) is 25.8 Å². The van der Waals surface area contributed by atoms with E-state index < -0.39 is 0 Å². The maximum atomic E-state index is 12.4. The van der Waals surface area contributed by atoms with E-state index in [1.807, 2.05) is 32.0 Å². The molecule has 0 bridgehead atoms. The third kappa shape index (κ3) is 5.59. The van der Waals surface area contributed by atoms with Gasteiger partial charge in [-0.3, -0.25) is 14.6 Å². The number of amides is 2. The highest BCUT2D eigenvalue weighted by atomic mass is 32.2. The zero-order valence-corrected chi connectivity index (χ0v) is 19.5. The van der Waals surface area contributed by atoms with Crippen molar-refractivity contribution in [2.75, 3.05) is 22.2 Å². The summed E-state index contributed by atoms with van der Waals surface area (Å²) in [6.45, 7) is 3.97. The summed E-state index contributed by atoms with van der Waals surface area (Å²) in [4.78, 5) is 28.6. The molecule has 4 aromatic rings. The van der Waals surface area contributed by atoms with Gasteiger partial charge in [0.25, 0.3) is 5.91 Å². The van der Waals surface area contributed by atoms with Gasteiger partial charge in [-0.2, -0.15) is 0 Å². The maximum absolute atomic E-state index is 12.4. The number of anilines is 2. The maximum Gasteiger partial charge on any atom is 0.257 e. The highest BCUT2D eigenvalue weighted by Crippen LogP contribution is 2.23. The fourth-order valence-corrected chi connectivity index (χ4v) is 4.01. The molecule has 0 aliphatic rings. The lowest BCUT2D eigenvalue weighted by Gasteiger charge is -2.08. The monoisotopic (exact) mass is 473 g/mol. The van der Waals surface area contributed by atoms with Crippen LogP contribution in [0.3, 0.4) is 0 Å². The normalized spacial score (nSPS) is 10.6. The highest BCUT2D eigenvalue weighted by molar-refractivity contribution is 7.99. The molecule has 0 saturated heterocycles. The van der Waals surface area contributed by atoms with Gasteiger partial charge in [0.1, 0.15) is 0 Å². The minimum Gasteiger partial charge on any atom is -0.335 e. The van der Waals surface area contributed by atoms with Gasteiger partial charge in [-0.25, -0.2) is 4.68 Å². The van der Waals surface area contributed by atoms with E-state index in [4.69, 9.17) is 5.84 Å². The number of aryl methyl sites for hydroxylation is 2. The Morgan fingerprint density at radius 1 is 0.971 bits per heavy atom. The zero-order valence-electron chi connectivity index (χ0n) is 18.6. The average molecular weight is 474 g/mol. The Morgan fingerprint density at radius 2 is 1.71 bits per heavy atom. The Kier molecular flexibility index (Phi) is 6.88. The molecular formula is C24H23N7O2S. The van der Waals surface area contributed by atoms with Gasteiger partial charge in [-0.05, 0) is 73.5 Å². The second-order valence-electron chi connectivity index (χ2n) is 7.66. The van der Waals surface area contributed by atoms with Crippen LogP contribution in [0.1, 0.15) is 21.5 Å². The van der Waals surface area contributed by atoms with Crippen LogP contribution in [0, 0.1) is 13.8 Å². The molecule has 0 radical (unpaired) electrons. The number of carbonyl (C=O) groups excluding carboxylic acids is 2. The molecule has 0 fully saturated rings. The smallest absolute Gasteiger partial charge is 0.257 e. The van der Waals surface area contributed by atoms with Gasteiger partial charge in [0.05, 0.1) is 11.3 Å². The van der Waals surface area contributed by atoms with Gasteiger partial charge >= 0.3 is 0 Å². The number of rotatable bonds is 7. The lowest BCUT2D eigenvalue weighted by molar-refractivity contribution is -0.113. The number of hydrogen-bond acceptors (Lipinski definition) is 7. The number of benzene rings is 2. The lowest BCUT2D eigenvalue weighted by Crippen LogP contribution is -2.16. The van der Waals surface area contributed by atoms with E-state index in [1.54, 1.807) is 42.6 Å². The fraction of sp³-hybridized carbons (Fsp3) is 0.125. The SMILES string of the molecule is Cc1cc(C)cc(NC(=O)CSc2nnc(-c3ccc(NC(=O)c4cccnc4)cc3)n2N)c1. The number of pyridine rings is 1. The van der Waals surface area contributed by atoms with Crippen LogP contribution in [0.4, 0.5) is 11.4 Å². The van der Waals surface area contributed by atoms with E-state index >= 15 is 0 Å². The summed E-state index contributed by atoms with van der Waals surface area (Å²) in [5.41, 5.74) is 4.73. The number of thioether (sulfide) groups is 1. The van der Waals surface area contributed by atoms with Gasteiger partial charge in [0.2, 0.25) is 11.1 Å². The van der Waals surface area contributed by atoms with Gasteiger partial charge < -0.3 is 16.5 Å². The Hall–Kier alpha value is -4.18. The molecule has 0 atom stereocenters. The largest absolute Gasteiger partial charge is 0.335 e. The van der Waals surface area contributed by atoms with Crippen LogP contribution in [-0.4, -0.2) is 37.4 Å². The van der Waals surface area contributed by atoms with Crippen molar-refractivity contribution in [1.82, 2.24) is 19.9 Å². The molecule has 9 nitrogen and oxygen atoms in total. The van der Waals surface area contributed by atoms with Crippen LogP contribution in [0.25, 0.3) is 11.4 Å². The van der Waals surface area contributed by atoms with Crippen molar-refractivity contribution in [2.45, 2.75) is 19.0 Å². The van der Waals surface area contributed by atoms with Crippen LogP contribution in [0.2, 0.25) is 0 Å². The molecular weight excluding hydrogens is 450 g/mol. The number of nitrogen functional groups attached to an aromatic ring is 1. The summed E-state index contributed by atoms with van der Waals surface area (Å²) in [5, 5.41) is 14.4. The second-order valence-corrected chi connectivity index (χ2v) is 8.61. The molecule has 0 saturated carbocycles. The summed E-state index contributed by atoms with van der Waals surface area (Å²) in [6, 6.07) is 16.4. The molecule has 2 aromatic carbocycles. The van der Waals surface area contributed by atoms with Crippen molar-refractivity contribution in [3.8, 4) is 11.4 Å². The molecule has 4 N–H and O–H groups in total. The van der Waals surface area contributed by atoms with Crippen molar-refractivity contribution in [1.29, 1.82) is 0 Å². The van der Waals surface area contributed by atoms with Gasteiger partial charge in [0.15, 0.2) is 5.82 Å². The third-order valence-corrected chi connectivity index (χ3v) is 5.77. The minimum absolute atomic E-state index is 0.141. The fourth-order valence-electron chi connectivity index (χ4n) is 3.35. The number of aromatic nitrogens is 4. The topological polar surface area (TPSA) is 128 Å². The predicted octanol–water partition coefficient (Wildman–Crippen LogP) is 3.65. The summed E-state index contributed by atoms with van der Waals surface area (Å²) < 4.78 is 1.35. The molecule has 34 heavy (non-hydrogen) atoms. The van der Waals surface area contributed by atoms with Gasteiger partial charge in [-0.15, -0.1) is 10.2 Å². The van der Waals surface area contributed by atoms with E-state index in [9.17, 15) is 9.59 Å². The second kappa shape index (κ2) is 10.2. The molecule has 0 aliphatic heterocycles. The van der Waals surface area contributed by atoms with Gasteiger partial charge in [0, 0.05) is 29.3 Å². The van der Waals surface area contributed by atoms with E-state index in [0.717, 1.165) is 22.4 Å². The zero-order chi connectivity index (χ0) is 24.1. The number of nitrogens with two attached hydrogens (primary N) is 1. The van der Waals surface area contributed by atoms with Crippen LogP contribution in [0.5, 0.6) is 0 Å². The van der Waals surface area contributed by atoms with Crippen LogP contribution >= 0.6 is 11.8 Å². The van der Waals surface area contributed by atoms with E-state index in [1.165, 1.54) is 22.6 Å². The van der Waals surface area contributed by atoms with Crippen molar-refractivity contribution in [3.63, 3.8) is 0 Å². The minimum atomic E-state index is -0.249. The van der Waals surface area contributed by atoms with Crippen LogP contribution in [0.15, 0.2) is 72.1 Å². The summed E-state index contributed by atoms with van der Waals surface area (Å²) in [7, 11) is 0. The molecule has 10 heteroatoms. The number of nitrogens with zero attached hydrogens (tertiary/aromatic N) is 4. The van der Waals surface area contributed by atoms with Crippen molar-refractivity contribution in [2.24, 2.45) is 0 Å². The molecule has 0 aliphatic carbocycles. The highest BCUT2D eigenvalue weighted by Gasteiger charge is 2.14.